The first-order valence-corrected chi connectivity index (χ1v) is 7.81. The van der Waals surface area contributed by atoms with Crippen LogP contribution in [0.2, 0.25) is 5.02 Å². The molecule has 0 radical (unpaired) electrons. The molecule has 0 bridgehead atoms. The molecule has 0 atom stereocenters. The highest BCUT2D eigenvalue weighted by atomic mass is 35.5. The molecule has 4 nitrogen and oxygen atoms in total. The predicted octanol–water partition coefficient (Wildman–Crippen LogP) is 4.02. The van der Waals surface area contributed by atoms with E-state index in [1.165, 1.54) is 0 Å². The molecule has 0 aliphatic rings. The van der Waals surface area contributed by atoms with Crippen LogP contribution in [0.25, 0.3) is 0 Å². The minimum absolute atomic E-state index is 0. The summed E-state index contributed by atoms with van der Waals surface area (Å²) in [6.07, 6.45) is 0. The molecule has 0 aromatic heterocycles. The molecule has 2 aromatic rings. The first-order chi connectivity index (χ1) is 10.9. The summed E-state index contributed by atoms with van der Waals surface area (Å²) < 4.78 is 5.41. The monoisotopic (exact) mass is 368 g/mol. The molecule has 0 aliphatic carbocycles. The summed E-state index contributed by atoms with van der Waals surface area (Å²) in [6.45, 7) is 4.69. The molecule has 2 aromatic carbocycles. The van der Waals surface area contributed by atoms with Crippen LogP contribution >= 0.6 is 24.0 Å². The number of benzene rings is 2. The number of ether oxygens (including phenoxy) is 1. The van der Waals surface area contributed by atoms with Gasteiger partial charge in [0.05, 0.1) is 5.41 Å². The summed E-state index contributed by atoms with van der Waals surface area (Å²) in [4.78, 5) is 12.6. The highest BCUT2D eigenvalue weighted by Crippen LogP contribution is 2.27. The number of rotatable bonds is 6. The highest BCUT2D eigenvalue weighted by Gasteiger charge is 2.29. The van der Waals surface area contributed by atoms with Gasteiger partial charge in [-0.05, 0) is 55.8 Å². The number of nitrogens with two attached hydrogens (primary N) is 1. The van der Waals surface area contributed by atoms with E-state index < -0.39 is 5.41 Å². The van der Waals surface area contributed by atoms with E-state index in [2.05, 4.69) is 5.32 Å². The molecular formula is C18H22Cl2N2O2. The van der Waals surface area contributed by atoms with E-state index in [4.69, 9.17) is 22.1 Å². The number of hydrogen-bond acceptors (Lipinski definition) is 3. The lowest BCUT2D eigenvalue weighted by Gasteiger charge is -2.24. The summed E-state index contributed by atoms with van der Waals surface area (Å²) >= 11 is 5.90. The Kier molecular flexibility index (Phi) is 7.55. The third-order valence-corrected chi connectivity index (χ3v) is 3.88. The van der Waals surface area contributed by atoms with Crippen molar-refractivity contribution in [2.75, 3.05) is 18.5 Å². The molecule has 0 saturated carbocycles. The van der Waals surface area contributed by atoms with E-state index in [9.17, 15) is 4.79 Å². The van der Waals surface area contributed by atoms with Gasteiger partial charge in [-0.25, -0.2) is 0 Å². The van der Waals surface area contributed by atoms with Gasteiger partial charge in [0, 0.05) is 17.3 Å². The third-order valence-electron chi connectivity index (χ3n) is 3.63. The molecule has 1 amide bonds. The van der Waals surface area contributed by atoms with Crippen LogP contribution in [0, 0.1) is 0 Å². The lowest BCUT2D eigenvalue weighted by atomic mass is 9.83. The fourth-order valence-corrected chi connectivity index (χ4v) is 2.22. The number of nitrogens with one attached hydrogen (secondary N) is 1. The Morgan fingerprint density at radius 3 is 2.25 bits per heavy atom. The van der Waals surface area contributed by atoms with E-state index in [-0.39, 0.29) is 18.3 Å². The second-order valence-corrected chi connectivity index (χ2v) is 6.18. The van der Waals surface area contributed by atoms with Gasteiger partial charge >= 0.3 is 0 Å². The quantitative estimate of drug-likeness (QED) is 0.809. The van der Waals surface area contributed by atoms with Gasteiger partial charge in [-0.1, -0.05) is 23.7 Å². The van der Waals surface area contributed by atoms with Crippen LogP contribution in [0.5, 0.6) is 5.75 Å². The summed E-state index contributed by atoms with van der Waals surface area (Å²) in [6, 6.07) is 14.5. The maximum Gasteiger partial charge on any atom is 0.234 e. The zero-order valence-corrected chi connectivity index (χ0v) is 15.3. The van der Waals surface area contributed by atoms with Gasteiger partial charge in [-0.3, -0.25) is 4.79 Å². The topological polar surface area (TPSA) is 64.3 Å². The lowest BCUT2D eigenvalue weighted by molar-refractivity contribution is -0.120. The van der Waals surface area contributed by atoms with E-state index in [0.717, 1.165) is 17.0 Å². The molecular weight excluding hydrogens is 347 g/mol. The van der Waals surface area contributed by atoms with Gasteiger partial charge in [0.25, 0.3) is 0 Å². The van der Waals surface area contributed by atoms with Crippen molar-refractivity contribution in [1.29, 1.82) is 0 Å². The van der Waals surface area contributed by atoms with Gasteiger partial charge in [0.1, 0.15) is 12.4 Å². The molecule has 0 spiro atoms. The smallest absolute Gasteiger partial charge is 0.234 e. The van der Waals surface area contributed by atoms with E-state index in [0.29, 0.717) is 18.2 Å². The van der Waals surface area contributed by atoms with Gasteiger partial charge in [-0.2, -0.15) is 0 Å². The maximum atomic E-state index is 12.6. The van der Waals surface area contributed by atoms with Crippen molar-refractivity contribution in [2.24, 2.45) is 5.73 Å². The van der Waals surface area contributed by atoms with Gasteiger partial charge in [0.15, 0.2) is 0 Å². The maximum absolute atomic E-state index is 12.6. The molecule has 6 heteroatoms. The molecule has 0 fully saturated rings. The Morgan fingerprint density at radius 1 is 1.12 bits per heavy atom. The molecule has 24 heavy (non-hydrogen) atoms. The zero-order chi connectivity index (χ0) is 16.9. The number of hydrogen-bond donors (Lipinski definition) is 2. The van der Waals surface area contributed by atoms with E-state index in [1.54, 1.807) is 24.3 Å². The molecule has 2 rings (SSSR count). The summed E-state index contributed by atoms with van der Waals surface area (Å²) in [5, 5.41) is 3.58. The molecule has 0 aliphatic heterocycles. The minimum Gasteiger partial charge on any atom is -0.492 e. The van der Waals surface area contributed by atoms with Crippen LogP contribution in [0.1, 0.15) is 19.4 Å². The van der Waals surface area contributed by atoms with Crippen LogP contribution in [0.15, 0.2) is 48.5 Å². The number of amides is 1. The Labute approximate surface area is 153 Å². The average Bonchev–Trinajstić information content (AvgIpc) is 2.54. The first-order valence-electron chi connectivity index (χ1n) is 7.44. The van der Waals surface area contributed by atoms with Crippen LogP contribution in [-0.2, 0) is 10.2 Å². The van der Waals surface area contributed by atoms with Crippen molar-refractivity contribution in [3.05, 3.63) is 59.1 Å². The van der Waals surface area contributed by atoms with E-state index in [1.807, 2.05) is 38.1 Å². The van der Waals surface area contributed by atoms with Crippen LogP contribution in [-0.4, -0.2) is 19.1 Å². The normalized spacial score (nSPS) is 10.7. The zero-order valence-electron chi connectivity index (χ0n) is 13.7. The Hall–Kier alpha value is -1.75. The van der Waals surface area contributed by atoms with Crippen molar-refractivity contribution in [3.63, 3.8) is 0 Å². The standard InChI is InChI=1S/C18H21ClN2O2.ClH/c1-18(2,13-3-5-14(19)6-4-13)17(22)21-15-7-9-16(10-8-15)23-12-11-20;/h3-10H,11-12,20H2,1-2H3,(H,21,22);1H. The number of carbonyl (C=O) groups excluding carboxylic acids is 1. The van der Waals surface area contributed by atoms with E-state index >= 15 is 0 Å². The predicted molar refractivity (Wildman–Crippen MR) is 101 cm³/mol. The molecule has 3 N–H and O–H groups in total. The van der Waals surface area contributed by atoms with Gasteiger partial charge in [0.2, 0.25) is 5.91 Å². The first kappa shape index (κ1) is 20.3. The van der Waals surface area contributed by atoms with Crippen LogP contribution in [0.4, 0.5) is 5.69 Å². The van der Waals surface area contributed by atoms with Gasteiger partial charge < -0.3 is 15.8 Å². The fraction of sp³-hybridized carbons (Fsp3) is 0.278. The summed E-state index contributed by atoms with van der Waals surface area (Å²) in [7, 11) is 0. The van der Waals surface area contributed by atoms with Gasteiger partial charge in [-0.15, -0.1) is 12.4 Å². The Balaban J connectivity index is 0.00000288. The molecule has 0 saturated heterocycles. The summed E-state index contributed by atoms with van der Waals surface area (Å²) in [5.41, 5.74) is 6.35. The van der Waals surface area contributed by atoms with Crippen molar-refractivity contribution in [2.45, 2.75) is 19.3 Å². The Bertz CT molecular complexity index is 656. The third kappa shape index (κ3) is 5.13. The largest absolute Gasteiger partial charge is 0.492 e. The van der Waals surface area contributed by atoms with Crippen molar-refractivity contribution in [1.82, 2.24) is 0 Å². The second kappa shape index (κ2) is 8.92. The Morgan fingerprint density at radius 2 is 1.71 bits per heavy atom. The van der Waals surface area contributed by atoms with Crippen molar-refractivity contribution in [3.8, 4) is 5.75 Å². The summed E-state index contributed by atoms with van der Waals surface area (Å²) in [5.74, 6) is 0.640. The second-order valence-electron chi connectivity index (χ2n) is 5.75. The number of halogens is 2. The molecule has 130 valence electrons. The molecule has 0 unspecified atom stereocenters. The highest BCUT2D eigenvalue weighted by molar-refractivity contribution is 6.30. The SMILES string of the molecule is CC(C)(C(=O)Nc1ccc(OCCN)cc1)c1ccc(Cl)cc1.Cl. The van der Waals surface area contributed by atoms with Crippen LogP contribution < -0.4 is 15.8 Å². The number of anilines is 1. The van der Waals surface area contributed by atoms with Crippen LogP contribution in [0.3, 0.4) is 0 Å². The average molecular weight is 369 g/mol. The lowest BCUT2D eigenvalue weighted by Crippen LogP contribution is -2.34. The minimum atomic E-state index is -0.667. The molecule has 0 heterocycles. The van der Waals surface area contributed by atoms with Crippen molar-refractivity contribution < 1.29 is 9.53 Å². The number of carbonyl (C=O) groups is 1. The fourth-order valence-electron chi connectivity index (χ4n) is 2.10. The van der Waals surface area contributed by atoms with Crippen molar-refractivity contribution >= 4 is 35.6 Å².